The maximum atomic E-state index is 11.3. The molecular weight excluding hydrogens is 375 g/mol. The Morgan fingerprint density at radius 2 is 1.12 bits per heavy atom. The second-order valence-electron chi connectivity index (χ2n) is 7.46. The molecule has 0 amide bonds. The van der Waals surface area contributed by atoms with Crippen molar-refractivity contribution in [2.45, 2.75) is 128 Å². The van der Waals surface area contributed by atoms with Crippen LogP contribution in [0.3, 0.4) is 0 Å². The summed E-state index contributed by atoms with van der Waals surface area (Å²) >= 11 is 0. The first kappa shape index (κ1) is 29.7. The first-order valence-electron chi connectivity index (χ1n) is 10.5. The van der Waals surface area contributed by atoms with Crippen molar-refractivity contribution in [3.63, 3.8) is 0 Å². The summed E-state index contributed by atoms with van der Waals surface area (Å²) < 4.78 is 33.9. The van der Waals surface area contributed by atoms with Gasteiger partial charge in [0.05, 0.1) is 16.2 Å². The van der Waals surface area contributed by atoms with Crippen molar-refractivity contribution in [3.8, 4) is 0 Å². The molecule has 152 valence electrons. The summed E-state index contributed by atoms with van der Waals surface area (Å²) in [6.07, 6.45) is 15.6. The molecule has 0 radical (unpaired) electrons. The van der Waals surface area contributed by atoms with E-state index in [1.54, 1.807) is 0 Å². The van der Waals surface area contributed by atoms with Gasteiger partial charge in [-0.2, -0.15) is 0 Å². The molecule has 26 heavy (non-hydrogen) atoms. The number of rotatable bonds is 18. The Morgan fingerprint density at radius 1 is 0.692 bits per heavy atom. The summed E-state index contributed by atoms with van der Waals surface area (Å²) in [4.78, 5) is 0. The van der Waals surface area contributed by atoms with Gasteiger partial charge in [-0.15, -0.1) is 0 Å². The summed E-state index contributed by atoms with van der Waals surface area (Å²) in [5.74, 6) is 0. The molecule has 0 aliphatic heterocycles. The molecular formula is C20H41KO4S. The van der Waals surface area contributed by atoms with Gasteiger partial charge in [0.25, 0.3) is 0 Å². The van der Waals surface area contributed by atoms with Crippen molar-refractivity contribution in [1.29, 1.82) is 0 Å². The van der Waals surface area contributed by atoms with Gasteiger partial charge in [0.15, 0.2) is 0 Å². The van der Waals surface area contributed by atoms with Crippen LogP contribution in [0.15, 0.2) is 0 Å². The van der Waals surface area contributed by atoms with Crippen LogP contribution in [-0.2, 0) is 10.1 Å². The minimum Gasteiger partial charge on any atom is -0.748 e. The van der Waals surface area contributed by atoms with E-state index >= 15 is 0 Å². The van der Waals surface area contributed by atoms with Crippen molar-refractivity contribution in [2.24, 2.45) is 0 Å². The van der Waals surface area contributed by atoms with E-state index in [1.807, 2.05) is 0 Å². The quantitative estimate of drug-likeness (QED) is 0.212. The summed E-state index contributed by atoms with van der Waals surface area (Å²) in [5.41, 5.74) is 0. The summed E-state index contributed by atoms with van der Waals surface area (Å²) in [5, 5.41) is 8.98. The average molecular weight is 417 g/mol. The number of aliphatic hydroxyl groups excluding tert-OH is 1. The predicted molar refractivity (Wildman–Crippen MR) is 105 cm³/mol. The van der Waals surface area contributed by atoms with Gasteiger partial charge in [0.1, 0.15) is 0 Å². The van der Waals surface area contributed by atoms with Crippen LogP contribution < -0.4 is 51.4 Å². The zero-order valence-electron chi connectivity index (χ0n) is 17.5. The Hall–Kier alpha value is 1.51. The van der Waals surface area contributed by atoms with E-state index < -0.39 is 15.4 Å². The van der Waals surface area contributed by atoms with Gasteiger partial charge in [-0.05, 0) is 25.7 Å². The second-order valence-corrected chi connectivity index (χ2v) is 9.11. The minimum absolute atomic E-state index is 0. The Balaban J connectivity index is 0. The molecule has 0 aromatic rings. The van der Waals surface area contributed by atoms with Crippen LogP contribution in [-0.4, -0.2) is 29.4 Å². The van der Waals surface area contributed by atoms with E-state index in [-0.39, 0.29) is 57.5 Å². The average Bonchev–Trinajstić information content (AvgIpc) is 2.54. The fourth-order valence-corrected chi connectivity index (χ4v) is 4.26. The van der Waals surface area contributed by atoms with E-state index in [1.165, 1.54) is 25.7 Å². The van der Waals surface area contributed by atoms with Gasteiger partial charge in [0.2, 0.25) is 0 Å². The number of unbranched alkanes of at least 4 members (excludes halogenated alkanes) is 9. The standard InChI is InChI=1S/C20H42O4S.K/c1-3-5-12-17-20(25(22,23)24)18-14-11-9-7-6-8-10-13-16-19(21)15-4-2;/h19-21H,3-18H2,1-2H3,(H,22,23,24);/q;+1/p-1. The van der Waals surface area contributed by atoms with Crippen LogP contribution in [0.5, 0.6) is 0 Å². The molecule has 2 unspecified atom stereocenters. The van der Waals surface area contributed by atoms with Crippen LogP contribution in [0.4, 0.5) is 0 Å². The van der Waals surface area contributed by atoms with Crippen molar-refractivity contribution in [2.75, 3.05) is 0 Å². The van der Waals surface area contributed by atoms with Crippen molar-refractivity contribution >= 4 is 10.1 Å². The van der Waals surface area contributed by atoms with E-state index in [2.05, 4.69) is 13.8 Å². The van der Waals surface area contributed by atoms with Crippen LogP contribution in [0.1, 0.15) is 117 Å². The van der Waals surface area contributed by atoms with Gasteiger partial charge in [0, 0.05) is 5.25 Å². The summed E-state index contributed by atoms with van der Waals surface area (Å²) in [6.45, 7) is 4.18. The van der Waals surface area contributed by atoms with Crippen molar-refractivity contribution in [1.82, 2.24) is 0 Å². The van der Waals surface area contributed by atoms with Crippen LogP contribution in [0.25, 0.3) is 0 Å². The molecule has 0 heterocycles. The maximum Gasteiger partial charge on any atom is 1.00 e. The van der Waals surface area contributed by atoms with Crippen LogP contribution in [0.2, 0.25) is 0 Å². The van der Waals surface area contributed by atoms with Gasteiger partial charge >= 0.3 is 51.4 Å². The number of hydrogen-bond acceptors (Lipinski definition) is 4. The van der Waals surface area contributed by atoms with Crippen LogP contribution in [0, 0.1) is 0 Å². The van der Waals surface area contributed by atoms with Gasteiger partial charge in [-0.1, -0.05) is 90.9 Å². The molecule has 6 heteroatoms. The number of aliphatic hydroxyl groups is 1. The topological polar surface area (TPSA) is 77.4 Å². The third-order valence-corrected chi connectivity index (χ3v) is 6.26. The molecule has 2 atom stereocenters. The Kier molecular flexibility index (Phi) is 22.6. The molecule has 0 saturated carbocycles. The third kappa shape index (κ3) is 18.9. The van der Waals surface area contributed by atoms with Gasteiger partial charge in [-0.25, -0.2) is 8.42 Å². The van der Waals surface area contributed by atoms with Gasteiger partial charge < -0.3 is 9.66 Å². The number of hydrogen-bond donors (Lipinski definition) is 1. The smallest absolute Gasteiger partial charge is 0.748 e. The summed E-state index contributed by atoms with van der Waals surface area (Å²) in [6, 6.07) is 0. The SMILES string of the molecule is CCCCCC(CCCCCCCCCCC(O)CCC)S(=O)(=O)[O-].[K+]. The fraction of sp³-hybridized carbons (Fsp3) is 1.00. The predicted octanol–water partition coefficient (Wildman–Crippen LogP) is 2.55. The molecule has 0 rings (SSSR count). The second kappa shape index (κ2) is 19.8. The van der Waals surface area contributed by atoms with Crippen molar-refractivity contribution < 1.29 is 69.5 Å². The Bertz CT molecular complexity index is 387. The molecule has 0 saturated heterocycles. The Morgan fingerprint density at radius 3 is 1.54 bits per heavy atom. The van der Waals surface area contributed by atoms with Crippen LogP contribution >= 0.6 is 0 Å². The minimum atomic E-state index is -4.13. The first-order chi connectivity index (χ1) is 11.9. The first-order valence-corrected chi connectivity index (χ1v) is 12.0. The molecule has 0 bridgehead atoms. The molecule has 4 nitrogen and oxygen atoms in total. The van der Waals surface area contributed by atoms with Crippen molar-refractivity contribution in [3.05, 3.63) is 0 Å². The van der Waals surface area contributed by atoms with E-state index in [0.29, 0.717) is 12.8 Å². The largest absolute Gasteiger partial charge is 1.00 e. The molecule has 0 fully saturated rings. The molecule has 0 aromatic heterocycles. The zero-order valence-corrected chi connectivity index (χ0v) is 21.5. The molecule has 0 aliphatic rings. The third-order valence-electron chi connectivity index (χ3n) is 4.97. The van der Waals surface area contributed by atoms with E-state index in [9.17, 15) is 18.1 Å². The monoisotopic (exact) mass is 416 g/mol. The zero-order chi connectivity index (χ0) is 19.0. The normalized spacial score (nSPS) is 14.0. The Labute approximate surface area is 205 Å². The maximum absolute atomic E-state index is 11.3. The molecule has 0 aromatic carbocycles. The fourth-order valence-electron chi connectivity index (χ4n) is 3.35. The van der Waals surface area contributed by atoms with E-state index in [4.69, 9.17) is 0 Å². The molecule has 0 spiro atoms. The molecule has 1 N–H and O–H groups in total. The van der Waals surface area contributed by atoms with Gasteiger partial charge in [-0.3, -0.25) is 0 Å². The molecule has 0 aliphatic carbocycles. The summed E-state index contributed by atoms with van der Waals surface area (Å²) in [7, 11) is -4.13. The van der Waals surface area contributed by atoms with E-state index in [0.717, 1.165) is 64.2 Å².